The summed E-state index contributed by atoms with van der Waals surface area (Å²) in [5.41, 5.74) is 1.14. The van der Waals surface area contributed by atoms with Crippen LogP contribution in [-0.2, 0) is 4.79 Å². The van der Waals surface area contributed by atoms with E-state index >= 15 is 0 Å². The first-order valence-electron chi connectivity index (χ1n) is 7.01. The summed E-state index contributed by atoms with van der Waals surface area (Å²) in [5, 5.41) is 8.64. The van der Waals surface area contributed by atoms with Crippen molar-refractivity contribution in [2.24, 2.45) is 22.1 Å². The molecule has 3 nitrogen and oxygen atoms in total. The summed E-state index contributed by atoms with van der Waals surface area (Å²) in [7, 11) is 0. The van der Waals surface area contributed by atoms with Crippen LogP contribution in [0.2, 0.25) is 10.0 Å². The lowest BCUT2D eigenvalue weighted by atomic mass is 10.0. The van der Waals surface area contributed by atoms with E-state index in [0.29, 0.717) is 21.7 Å². The summed E-state index contributed by atoms with van der Waals surface area (Å²) in [6.45, 7) is 3.90. The minimum atomic E-state index is -1.88. The molecule has 120 valence electrons. The maximum Gasteiger partial charge on any atom is 0.286 e. The van der Waals surface area contributed by atoms with Crippen molar-refractivity contribution in [2.75, 3.05) is 0 Å². The number of hydrogen-bond donors (Lipinski definition) is 0. The lowest BCUT2D eigenvalue weighted by Crippen LogP contribution is -2.29. The van der Waals surface area contributed by atoms with Crippen LogP contribution in [0.15, 0.2) is 22.4 Å². The van der Waals surface area contributed by atoms with Crippen molar-refractivity contribution >= 4 is 57.9 Å². The van der Waals surface area contributed by atoms with Gasteiger partial charge in [-0.05, 0) is 49.8 Å². The fourth-order valence-corrected chi connectivity index (χ4v) is 3.69. The molecule has 0 amide bonds. The third-order valence-corrected chi connectivity index (χ3v) is 4.89. The molecule has 2 rings (SSSR count). The summed E-state index contributed by atoms with van der Waals surface area (Å²) in [5.74, 6) is 0.0420. The van der Waals surface area contributed by atoms with Gasteiger partial charge < -0.3 is 0 Å². The van der Waals surface area contributed by atoms with Crippen molar-refractivity contribution in [1.82, 2.24) is 0 Å². The number of Topliss-reactive ketones (excluding diaryl/α,β-unsaturated/α-hetero) is 1. The van der Waals surface area contributed by atoms with Crippen LogP contribution >= 0.6 is 46.4 Å². The van der Waals surface area contributed by atoms with Crippen LogP contribution in [0.1, 0.15) is 31.7 Å². The van der Waals surface area contributed by atoms with Crippen molar-refractivity contribution < 1.29 is 4.79 Å². The maximum atomic E-state index is 12.4. The number of carbonyl (C=O) groups is 1. The predicted molar refractivity (Wildman–Crippen MR) is 91.7 cm³/mol. The number of alkyl halides is 2. The van der Waals surface area contributed by atoms with Crippen LogP contribution < -0.4 is 0 Å². The molecule has 7 heteroatoms. The lowest BCUT2D eigenvalue weighted by Gasteiger charge is -2.16. The van der Waals surface area contributed by atoms with E-state index in [1.165, 1.54) is 0 Å². The average Bonchev–Trinajstić information content (AvgIpc) is 2.83. The van der Waals surface area contributed by atoms with Gasteiger partial charge in [0.2, 0.25) is 0 Å². The second-order valence-electron chi connectivity index (χ2n) is 5.77. The van der Waals surface area contributed by atoms with Gasteiger partial charge in [-0.25, -0.2) is 0 Å². The number of azo groups is 1. The smallest absolute Gasteiger partial charge is 0.286 e. The minimum absolute atomic E-state index is 0.161. The number of carbonyl (C=O) groups excluding carboxylic acids is 1. The highest BCUT2D eigenvalue weighted by Crippen LogP contribution is 2.39. The van der Waals surface area contributed by atoms with E-state index in [0.717, 1.165) is 24.8 Å². The molecule has 1 aliphatic carbocycles. The quantitative estimate of drug-likeness (QED) is 0.332. The Balaban J connectivity index is 2.19. The van der Waals surface area contributed by atoms with Gasteiger partial charge in [0.15, 0.2) is 5.78 Å². The molecular formula is C15H16Cl4N2O. The van der Waals surface area contributed by atoms with Crippen molar-refractivity contribution in [2.45, 2.75) is 37.6 Å². The minimum Gasteiger partial charge on any atom is -0.294 e. The summed E-state index contributed by atoms with van der Waals surface area (Å²) in [6, 6.07) is 3.25. The summed E-state index contributed by atoms with van der Waals surface area (Å²) in [6.07, 6.45) is 2.58. The Kier molecular flexibility index (Phi) is 5.76. The molecule has 1 aromatic carbocycles. The van der Waals surface area contributed by atoms with E-state index in [-0.39, 0.29) is 11.7 Å². The molecule has 1 aliphatic rings. The molecule has 2 atom stereocenters. The first kappa shape index (κ1) is 18.0. The molecule has 0 aliphatic heterocycles. The second kappa shape index (κ2) is 7.04. The Labute approximate surface area is 150 Å². The van der Waals surface area contributed by atoms with E-state index in [2.05, 4.69) is 17.2 Å². The zero-order valence-electron chi connectivity index (χ0n) is 12.2. The van der Waals surface area contributed by atoms with Crippen LogP contribution in [-0.4, -0.2) is 10.2 Å². The third-order valence-electron chi connectivity index (χ3n) is 3.86. The number of ketones is 1. The molecule has 1 saturated carbocycles. The zero-order valence-corrected chi connectivity index (χ0v) is 15.3. The van der Waals surface area contributed by atoms with Gasteiger partial charge in [-0.3, -0.25) is 4.79 Å². The molecule has 0 bridgehead atoms. The van der Waals surface area contributed by atoms with E-state index in [9.17, 15) is 4.79 Å². The third kappa shape index (κ3) is 4.14. The highest BCUT2D eigenvalue weighted by Gasteiger charge is 2.41. The number of rotatable bonds is 4. The van der Waals surface area contributed by atoms with E-state index in [4.69, 9.17) is 46.4 Å². The van der Waals surface area contributed by atoms with Gasteiger partial charge in [0.25, 0.3) is 4.46 Å². The van der Waals surface area contributed by atoms with Gasteiger partial charge in [0.1, 0.15) is 5.69 Å². The number of benzene rings is 1. The lowest BCUT2D eigenvalue weighted by molar-refractivity contribution is -0.123. The zero-order chi connectivity index (χ0) is 16.5. The summed E-state index contributed by atoms with van der Waals surface area (Å²) >= 11 is 24.2. The van der Waals surface area contributed by atoms with Crippen LogP contribution in [0.4, 0.5) is 5.69 Å². The highest BCUT2D eigenvalue weighted by molar-refractivity contribution is 6.58. The van der Waals surface area contributed by atoms with Gasteiger partial charge in [-0.15, -0.1) is 5.11 Å². The maximum absolute atomic E-state index is 12.4. The van der Waals surface area contributed by atoms with Crippen molar-refractivity contribution in [3.63, 3.8) is 0 Å². The van der Waals surface area contributed by atoms with Crippen LogP contribution in [0, 0.1) is 18.8 Å². The Hall–Kier alpha value is -0.350. The molecular weight excluding hydrogens is 366 g/mol. The number of aryl methyl sites for hydroxylation is 1. The Morgan fingerprint density at radius 1 is 1.27 bits per heavy atom. The van der Waals surface area contributed by atoms with Crippen LogP contribution in [0.25, 0.3) is 0 Å². The van der Waals surface area contributed by atoms with Crippen LogP contribution in [0.5, 0.6) is 0 Å². The summed E-state index contributed by atoms with van der Waals surface area (Å²) < 4.78 is -1.88. The molecule has 0 spiro atoms. The number of nitrogens with zero attached hydrogens (tertiary/aromatic N) is 2. The fourth-order valence-electron chi connectivity index (χ4n) is 2.67. The normalized spacial score (nSPS) is 22.5. The molecule has 0 heterocycles. The molecule has 1 fully saturated rings. The van der Waals surface area contributed by atoms with Crippen LogP contribution in [0.3, 0.4) is 0 Å². The Morgan fingerprint density at radius 2 is 1.95 bits per heavy atom. The van der Waals surface area contributed by atoms with Gasteiger partial charge in [-0.1, -0.05) is 53.3 Å². The molecule has 1 aromatic rings. The number of hydrogen-bond acceptors (Lipinski definition) is 3. The Morgan fingerprint density at radius 3 is 2.50 bits per heavy atom. The molecule has 22 heavy (non-hydrogen) atoms. The first-order chi connectivity index (χ1) is 10.2. The SMILES string of the molecule is Cc1cc(Cl)cc(Cl)c1/N=N/C(Cl)(Cl)C(=O)C1CCC(C)C1. The average molecular weight is 382 g/mol. The Bertz CT molecular complexity index is 593. The fraction of sp³-hybridized carbons (Fsp3) is 0.533. The molecule has 0 aromatic heterocycles. The van der Waals surface area contributed by atoms with Gasteiger partial charge >= 0.3 is 0 Å². The van der Waals surface area contributed by atoms with Crippen molar-refractivity contribution in [3.05, 3.63) is 27.7 Å². The van der Waals surface area contributed by atoms with E-state index in [1.807, 2.05) is 0 Å². The predicted octanol–water partition coefficient (Wildman–Crippen LogP) is 6.52. The first-order valence-corrected chi connectivity index (χ1v) is 8.52. The van der Waals surface area contributed by atoms with Crippen molar-refractivity contribution in [1.29, 1.82) is 0 Å². The van der Waals surface area contributed by atoms with Gasteiger partial charge in [0, 0.05) is 10.9 Å². The molecule has 0 saturated heterocycles. The van der Waals surface area contributed by atoms with Gasteiger partial charge in [-0.2, -0.15) is 5.11 Å². The van der Waals surface area contributed by atoms with Crippen molar-refractivity contribution in [3.8, 4) is 0 Å². The summed E-state index contributed by atoms with van der Waals surface area (Å²) in [4.78, 5) is 12.4. The largest absolute Gasteiger partial charge is 0.294 e. The highest BCUT2D eigenvalue weighted by atomic mass is 35.5. The topological polar surface area (TPSA) is 41.8 Å². The molecule has 0 radical (unpaired) electrons. The monoisotopic (exact) mass is 380 g/mol. The second-order valence-corrected chi connectivity index (χ2v) is 7.90. The molecule has 2 unspecified atom stereocenters. The standard InChI is InChI=1S/C15H16Cl4N2O/c1-8-3-4-10(5-8)14(22)15(18,19)21-20-13-9(2)6-11(16)7-12(13)17/h6-8,10H,3-5H2,1-2H3/b21-20+. The van der Waals surface area contributed by atoms with Gasteiger partial charge in [0.05, 0.1) is 5.02 Å². The van der Waals surface area contributed by atoms with E-state index in [1.54, 1.807) is 19.1 Å². The molecule has 0 N–H and O–H groups in total. The van der Waals surface area contributed by atoms with E-state index < -0.39 is 4.46 Å². The number of halogens is 4.